The summed E-state index contributed by atoms with van der Waals surface area (Å²) in [5.41, 5.74) is 0.205. The molecule has 2 aromatic carbocycles. The zero-order valence-electron chi connectivity index (χ0n) is 17.7. The molecule has 2 N–H and O–H groups in total. The molecule has 10 heteroatoms. The molecule has 4 aromatic rings. The van der Waals surface area contributed by atoms with E-state index in [1.54, 1.807) is 36.5 Å². The minimum absolute atomic E-state index is 0.220. The minimum atomic E-state index is -2.06. The number of aliphatic carboxylic acids is 1. The second-order valence-electron chi connectivity index (χ2n) is 7.57. The highest BCUT2D eigenvalue weighted by atomic mass is 35.5. The highest BCUT2D eigenvalue weighted by Crippen LogP contribution is 2.30. The van der Waals surface area contributed by atoms with E-state index in [4.69, 9.17) is 26.2 Å². The van der Waals surface area contributed by atoms with Crippen molar-refractivity contribution in [3.05, 3.63) is 76.4 Å². The summed E-state index contributed by atoms with van der Waals surface area (Å²) in [5, 5.41) is 23.8. The Hall–Kier alpha value is -3.82. The van der Waals surface area contributed by atoms with Crippen LogP contribution in [0.3, 0.4) is 0 Å². The molecule has 9 nitrogen and oxygen atoms in total. The largest absolute Gasteiger partial charge is 0.493 e. The standard InChI is InChI=1S/C23H20ClN3O6/c1-23(31,22(29)30)12-33-19-8-7-17(10-20(19)32-2)26-13-25-27-11-15(9-18(27)21(26)28)14-3-5-16(24)6-4-14/h3-11,13,31H,12H2,1-2H3,(H,29,30). The van der Waals surface area contributed by atoms with Crippen LogP contribution in [0, 0.1) is 0 Å². The van der Waals surface area contributed by atoms with Crippen molar-refractivity contribution in [2.75, 3.05) is 13.7 Å². The van der Waals surface area contributed by atoms with Gasteiger partial charge in [0.1, 0.15) is 18.5 Å². The Morgan fingerprint density at radius 1 is 1.12 bits per heavy atom. The van der Waals surface area contributed by atoms with Crippen molar-refractivity contribution in [3.63, 3.8) is 0 Å². The van der Waals surface area contributed by atoms with E-state index in [0.29, 0.717) is 16.2 Å². The molecule has 0 aliphatic rings. The van der Waals surface area contributed by atoms with Gasteiger partial charge in [0, 0.05) is 22.8 Å². The second-order valence-corrected chi connectivity index (χ2v) is 8.01. The summed E-state index contributed by atoms with van der Waals surface area (Å²) in [6.07, 6.45) is 3.15. The number of halogens is 1. The topological polar surface area (TPSA) is 115 Å². The number of hydrogen-bond acceptors (Lipinski definition) is 6. The molecule has 2 heterocycles. The number of ether oxygens (including phenoxy) is 2. The van der Waals surface area contributed by atoms with Gasteiger partial charge in [0.15, 0.2) is 17.1 Å². The van der Waals surface area contributed by atoms with E-state index in [0.717, 1.165) is 18.1 Å². The van der Waals surface area contributed by atoms with E-state index in [-0.39, 0.29) is 17.1 Å². The lowest BCUT2D eigenvalue weighted by molar-refractivity contribution is -0.159. The highest BCUT2D eigenvalue weighted by molar-refractivity contribution is 6.30. The molecule has 2 aromatic heterocycles. The van der Waals surface area contributed by atoms with Crippen molar-refractivity contribution in [1.82, 2.24) is 14.2 Å². The molecule has 1 unspecified atom stereocenters. The van der Waals surface area contributed by atoms with Gasteiger partial charge in [-0.05, 0) is 42.8 Å². The summed E-state index contributed by atoms with van der Waals surface area (Å²) in [6.45, 7) is 0.648. The summed E-state index contributed by atoms with van der Waals surface area (Å²) in [6, 6.07) is 13.7. The Labute approximate surface area is 193 Å². The van der Waals surface area contributed by atoms with Crippen LogP contribution in [0.25, 0.3) is 22.3 Å². The Bertz CT molecular complexity index is 1390. The molecule has 33 heavy (non-hydrogen) atoms. The van der Waals surface area contributed by atoms with E-state index >= 15 is 0 Å². The molecule has 170 valence electrons. The van der Waals surface area contributed by atoms with Crippen LogP contribution in [0.5, 0.6) is 11.5 Å². The van der Waals surface area contributed by atoms with Crippen molar-refractivity contribution in [2.45, 2.75) is 12.5 Å². The number of hydrogen-bond donors (Lipinski definition) is 2. The van der Waals surface area contributed by atoms with E-state index in [9.17, 15) is 14.7 Å². The van der Waals surface area contributed by atoms with Gasteiger partial charge >= 0.3 is 5.97 Å². The van der Waals surface area contributed by atoms with Crippen molar-refractivity contribution >= 4 is 23.1 Å². The maximum Gasteiger partial charge on any atom is 0.339 e. The fourth-order valence-corrected chi connectivity index (χ4v) is 3.31. The number of methoxy groups -OCH3 is 1. The molecule has 0 saturated carbocycles. The number of nitrogens with zero attached hydrogens (tertiary/aromatic N) is 3. The molecule has 1 atom stereocenters. The van der Waals surface area contributed by atoms with E-state index in [2.05, 4.69) is 5.10 Å². The highest BCUT2D eigenvalue weighted by Gasteiger charge is 2.31. The van der Waals surface area contributed by atoms with Gasteiger partial charge in [0.2, 0.25) is 0 Å². The van der Waals surface area contributed by atoms with Crippen LogP contribution < -0.4 is 15.0 Å². The Kier molecular flexibility index (Phi) is 5.84. The number of benzene rings is 2. The number of rotatable bonds is 7. The van der Waals surface area contributed by atoms with Crippen LogP contribution in [0.1, 0.15) is 6.92 Å². The number of aliphatic hydroxyl groups is 1. The predicted octanol–water partition coefficient (Wildman–Crippen LogP) is 3.03. The van der Waals surface area contributed by atoms with Crippen molar-refractivity contribution in [1.29, 1.82) is 0 Å². The first kappa shape index (κ1) is 22.4. The first-order valence-corrected chi connectivity index (χ1v) is 10.2. The molecular formula is C23H20ClN3O6. The van der Waals surface area contributed by atoms with Gasteiger partial charge in [-0.1, -0.05) is 23.7 Å². The normalized spacial score (nSPS) is 13.0. The minimum Gasteiger partial charge on any atom is -0.493 e. The molecule has 0 radical (unpaired) electrons. The van der Waals surface area contributed by atoms with Crippen LogP contribution >= 0.6 is 11.6 Å². The molecule has 0 aliphatic heterocycles. The Morgan fingerprint density at radius 2 is 1.85 bits per heavy atom. The predicted molar refractivity (Wildman–Crippen MR) is 122 cm³/mol. The molecule has 0 saturated heterocycles. The van der Waals surface area contributed by atoms with E-state index in [1.165, 1.54) is 28.6 Å². The number of aromatic nitrogens is 3. The first-order chi connectivity index (χ1) is 15.7. The second kappa shape index (κ2) is 8.61. The van der Waals surface area contributed by atoms with Crippen LogP contribution in [0.2, 0.25) is 5.02 Å². The SMILES string of the molecule is COc1cc(-n2cnn3cc(-c4ccc(Cl)cc4)cc3c2=O)ccc1OCC(C)(O)C(=O)O. The molecule has 4 rings (SSSR count). The third-order valence-corrected chi connectivity index (χ3v) is 5.35. The summed E-state index contributed by atoms with van der Waals surface area (Å²) in [5.74, 6) is -0.926. The lowest BCUT2D eigenvalue weighted by Gasteiger charge is -2.19. The summed E-state index contributed by atoms with van der Waals surface area (Å²) in [7, 11) is 1.41. The van der Waals surface area contributed by atoms with Gasteiger partial charge in [0.25, 0.3) is 5.56 Å². The maximum absolute atomic E-state index is 13.2. The smallest absolute Gasteiger partial charge is 0.339 e. The van der Waals surface area contributed by atoms with Crippen LogP contribution in [0.15, 0.2) is 65.8 Å². The van der Waals surface area contributed by atoms with Gasteiger partial charge in [-0.3, -0.25) is 9.36 Å². The fraction of sp³-hybridized carbons (Fsp3) is 0.174. The number of carboxylic acid groups (broad SMARTS) is 1. The van der Waals surface area contributed by atoms with Gasteiger partial charge in [-0.15, -0.1) is 0 Å². The number of carbonyl (C=O) groups is 1. The Morgan fingerprint density at radius 3 is 2.52 bits per heavy atom. The molecule has 0 amide bonds. The molecule has 0 spiro atoms. The average Bonchev–Trinajstić information content (AvgIpc) is 3.23. The van der Waals surface area contributed by atoms with Gasteiger partial charge in [-0.25, -0.2) is 9.31 Å². The third-order valence-electron chi connectivity index (χ3n) is 5.10. The maximum atomic E-state index is 13.2. The van der Waals surface area contributed by atoms with Crippen LogP contribution in [-0.4, -0.2) is 49.7 Å². The molecule has 0 aliphatic carbocycles. The lowest BCUT2D eigenvalue weighted by Crippen LogP contribution is -2.41. The van der Waals surface area contributed by atoms with E-state index in [1.807, 2.05) is 12.1 Å². The third kappa shape index (κ3) is 4.41. The monoisotopic (exact) mass is 469 g/mol. The molecule has 0 bridgehead atoms. The molecular weight excluding hydrogens is 450 g/mol. The molecule has 0 fully saturated rings. The number of carboxylic acids is 1. The Balaban J connectivity index is 1.68. The van der Waals surface area contributed by atoms with E-state index < -0.39 is 18.2 Å². The van der Waals surface area contributed by atoms with Crippen molar-refractivity contribution in [2.24, 2.45) is 0 Å². The van der Waals surface area contributed by atoms with Crippen LogP contribution in [0.4, 0.5) is 0 Å². The van der Waals surface area contributed by atoms with Gasteiger partial charge < -0.3 is 19.7 Å². The summed E-state index contributed by atoms with van der Waals surface area (Å²) >= 11 is 5.95. The first-order valence-electron chi connectivity index (χ1n) is 9.82. The van der Waals surface area contributed by atoms with Crippen LogP contribution in [-0.2, 0) is 4.79 Å². The van der Waals surface area contributed by atoms with Crippen molar-refractivity contribution < 1.29 is 24.5 Å². The van der Waals surface area contributed by atoms with Gasteiger partial charge in [0.05, 0.1) is 12.8 Å². The average molecular weight is 470 g/mol. The zero-order valence-corrected chi connectivity index (χ0v) is 18.5. The van der Waals surface area contributed by atoms with Crippen molar-refractivity contribution in [3.8, 4) is 28.3 Å². The lowest BCUT2D eigenvalue weighted by atomic mass is 10.1. The quantitative estimate of drug-likeness (QED) is 0.427. The zero-order chi connectivity index (χ0) is 23.8. The summed E-state index contributed by atoms with van der Waals surface area (Å²) in [4.78, 5) is 24.2. The fourth-order valence-electron chi connectivity index (χ4n) is 3.18. The summed E-state index contributed by atoms with van der Waals surface area (Å²) < 4.78 is 13.6. The number of fused-ring (bicyclic) bond motifs is 1. The van der Waals surface area contributed by atoms with Gasteiger partial charge in [-0.2, -0.15) is 5.10 Å².